The molecule has 0 fully saturated rings. The van der Waals surface area contributed by atoms with E-state index in [1.807, 2.05) is 0 Å². The van der Waals surface area contributed by atoms with Crippen LogP contribution in [-0.4, -0.2) is 25.2 Å². The van der Waals surface area contributed by atoms with E-state index in [0.29, 0.717) is 0 Å². The summed E-state index contributed by atoms with van der Waals surface area (Å²) in [4.78, 5) is 20.8. The zero-order chi connectivity index (χ0) is 9.40. The van der Waals surface area contributed by atoms with Gasteiger partial charge in [0.1, 0.15) is 6.61 Å². The van der Waals surface area contributed by atoms with Gasteiger partial charge in [0, 0.05) is 0 Å². The lowest BCUT2D eigenvalue weighted by atomic mass is 10.5. The SMILES string of the molecule is C/C=C/C(=O)NCCOC(N)=O. The molecule has 0 heterocycles. The first kappa shape index (κ1) is 10.5. The first-order chi connectivity index (χ1) is 5.66. The Kier molecular flexibility index (Phi) is 5.42. The molecule has 0 aromatic heterocycles. The molecular formula is C7H12N2O3. The average molecular weight is 172 g/mol. The summed E-state index contributed by atoms with van der Waals surface area (Å²) < 4.78 is 4.37. The molecule has 3 N–H and O–H groups in total. The van der Waals surface area contributed by atoms with Crippen molar-refractivity contribution in [1.29, 1.82) is 0 Å². The number of ether oxygens (including phenoxy) is 1. The van der Waals surface area contributed by atoms with Crippen LogP contribution in [-0.2, 0) is 9.53 Å². The maximum absolute atomic E-state index is 10.7. The molecule has 0 aromatic rings. The Labute approximate surface area is 70.6 Å². The van der Waals surface area contributed by atoms with Crippen LogP contribution < -0.4 is 11.1 Å². The number of hydrogen-bond donors (Lipinski definition) is 2. The minimum Gasteiger partial charge on any atom is -0.448 e. The van der Waals surface area contributed by atoms with Gasteiger partial charge in [0.15, 0.2) is 0 Å². The van der Waals surface area contributed by atoms with Crippen molar-refractivity contribution in [2.24, 2.45) is 5.73 Å². The number of rotatable bonds is 4. The maximum Gasteiger partial charge on any atom is 0.404 e. The molecule has 0 unspecified atom stereocenters. The number of allylic oxidation sites excluding steroid dienone is 1. The van der Waals surface area contributed by atoms with E-state index in [1.54, 1.807) is 13.0 Å². The van der Waals surface area contributed by atoms with Crippen molar-refractivity contribution in [2.45, 2.75) is 6.92 Å². The third-order valence-electron chi connectivity index (χ3n) is 0.964. The van der Waals surface area contributed by atoms with Gasteiger partial charge in [0.05, 0.1) is 6.54 Å². The molecule has 0 aliphatic heterocycles. The second-order valence-electron chi connectivity index (χ2n) is 1.96. The third kappa shape index (κ3) is 6.60. The fraction of sp³-hybridized carbons (Fsp3) is 0.429. The van der Waals surface area contributed by atoms with Crippen LogP contribution in [0.5, 0.6) is 0 Å². The largest absolute Gasteiger partial charge is 0.448 e. The lowest BCUT2D eigenvalue weighted by Crippen LogP contribution is -2.27. The summed E-state index contributed by atoms with van der Waals surface area (Å²) in [6.07, 6.45) is 2.16. The number of nitrogens with two attached hydrogens (primary N) is 1. The number of nitrogens with one attached hydrogen (secondary N) is 1. The highest BCUT2D eigenvalue weighted by Crippen LogP contribution is 1.74. The van der Waals surface area contributed by atoms with E-state index in [0.717, 1.165) is 0 Å². The van der Waals surface area contributed by atoms with Gasteiger partial charge in [-0.05, 0) is 13.0 Å². The van der Waals surface area contributed by atoms with E-state index >= 15 is 0 Å². The fourth-order valence-corrected chi connectivity index (χ4v) is 0.536. The molecule has 0 radical (unpaired) electrons. The van der Waals surface area contributed by atoms with Crippen LogP contribution in [0.4, 0.5) is 4.79 Å². The van der Waals surface area contributed by atoms with Crippen molar-refractivity contribution in [1.82, 2.24) is 5.32 Å². The molecular weight excluding hydrogens is 160 g/mol. The van der Waals surface area contributed by atoms with Gasteiger partial charge in [0.25, 0.3) is 0 Å². The van der Waals surface area contributed by atoms with Gasteiger partial charge in [-0.3, -0.25) is 4.79 Å². The van der Waals surface area contributed by atoms with Gasteiger partial charge < -0.3 is 15.8 Å². The van der Waals surface area contributed by atoms with Gasteiger partial charge in [-0.25, -0.2) is 4.79 Å². The molecule has 12 heavy (non-hydrogen) atoms. The van der Waals surface area contributed by atoms with E-state index in [9.17, 15) is 9.59 Å². The summed E-state index contributed by atoms with van der Waals surface area (Å²) in [6, 6.07) is 0. The molecule has 0 rings (SSSR count). The Bertz CT molecular complexity index is 189. The molecule has 68 valence electrons. The minimum atomic E-state index is -0.838. The quantitative estimate of drug-likeness (QED) is 0.454. The highest BCUT2D eigenvalue weighted by Gasteiger charge is 1.95. The Morgan fingerprint density at radius 2 is 2.25 bits per heavy atom. The molecule has 0 atom stereocenters. The Hall–Kier alpha value is -1.52. The summed E-state index contributed by atoms with van der Waals surface area (Å²) in [6.45, 7) is 2.10. The van der Waals surface area contributed by atoms with Crippen molar-refractivity contribution in [2.75, 3.05) is 13.2 Å². The zero-order valence-corrected chi connectivity index (χ0v) is 6.87. The predicted molar refractivity (Wildman–Crippen MR) is 43.4 cm³/mol. The Morgan fingerprint density at radius 3 is 2.75 bits per heavy atom. The molecule has 0 aliphatic carbocycles. The Morgan fingerprint density at radius 1 is 1.58 bits per heavy atom. The smallest absolute Gasteiger partial charge is 0.404 e. The average Bonchev–Trinajstić information content (AvgIpc) is 1.98. The van der Waals surface area contributed by atoms with E-state index in [4.69, 9.17) is 0 Å². The molecule has 0 saturated heterocycles. The van der Waals surface area contributed by atoms with E-state index in [-0.39, 0.29) is 19.1 Å². The molecule has 5 heteroatoms. The second-order valence-corrected chi connectivity index (χ2v) is 1.96. The van der Waals surface area contributed by atoms with E-state index < -0.39 is 6.09 Å². The highest BCUT2D eigenvalue weighted by atomic mass is 16.5. The van der Waals surface area contributed by atoms with Crippen LogP contribution in [0.15, 0.2) is 12.2 Å². The van der Waals surface area contributed by atoms with Crippen LogP contribution in [0.3, 0.4) is 0 Å². The van der Waals surface area contributed by atoms with Crippen LogP contribution in [0, 0.1) is 0 Å². The number of primary amides is 1. The monoisotopic (exact) mass is 172 g/mol. The van der Waals surface area contributed by atoms with Crippen molar-refractivity contribution in [3.63, 3.8) is 0 Å². The Balaban J connectivity index is 3.31. The van der Waals surface area contributed by atoms with E-state index in [2.05, 4.69) is 15.8 Å². The number of carbonyl (C=O) groups is 2. The summed E-state index contributed by atoms with van der Waals surface area (Å²) >= 11 is 0. The van der Waals surface area contributed by atoms with Crippen LogP contribution in [0.1, 0.15) is 6.92 Å². The minimum absolute atomic E-state index is 0.0959. The predicted octanol–water partition coefficient (Wildman–Crippen LogP) is -0.226. The topological polar surface area (TPSA) is 81.4 Å². The van der Waals surface area contributed by atoms with Gasteiger partial charge in [0.2, 0.25) is 5.91 Å². The van der Waals surface area contributed by atoms with Gasteiger partial charge >= 0.3 is 6.09 Å². The van der Waals surface area contributed by atoms with Crippen molar-refractivity contribution < 1.29 is 14.3 Å². The lowest BCUT2D eigenvalue weighted by Gasteiger charge is -2.01. The van der Waals surface area contributed by atoms with Gasteiger partial charge in [-0.1, -0.05) is 6.08 Å². The molecule has 0 saturated carbocycles. The molecule has 0 aromatic carbocycles. The van der Waals surface area contributed by atoms with Crippen molar-refractivity contribution in [3.05, 3.63) is 12.2 Å². The molecule has 5 nitrogen and oxygen atoms in total. The van der Waals surface area contributed by atoms with Gasteiger partial charge in [-0.2, -0.15) is 0 Å². The summed E-state index contributed by atoms with van der Waals surface area (Å²) in [7, 11) is 0. The van der Waals surface area contributed by atoms with E-state index in [1.165, 1.54) is 6.08 Å². The first-order valence-corrected chi connectivity index (χ1v) is 3.49. The lowest BCUT2D eigenvalue weighted by molar-refractivity contribution is -0.116. The highest BCUT2D eigenvalue weighted by molar-refractivity contribution is 5.87. The molecule has 0 aliphatic rings. The number of amides is 2. The number of carbonyl (C=O) groups excluding carboxylic acids is 2. The number of hydrogen-bond acceptors (Lipinski definition) is 3. The standard InChI is InChI=1S/C7H12N2O3/c1-2-3-6(10)9-4-5-12-7(8)11/h2-3H,4-5H2,1H3,(H2,8,11)(H,9,10)/b3-2+. The van der Waals surface area contributed by atoms with Crippen molar-refractivity contribution >= 4 is 12.0 Å². The van der Waals surface area contributed by atoms with Crippen molar-refractivity contribution in [3.8, 4) is 0 Å². The molecule has 0 spiro atoms. The normalized spacial score (nSPS) is 9.75. The zero-order valence-electron chi connectivity index (χ0n) is 6.87. The second kappa shape index (κ2) is 6.21. The summed E-state index contributed by atoms with van der Waals surface area (Å²) in [5.41, 5.74) is 4.68. The fourth-order valence-electron chi connectivity index (χ4n) is 0.536. The molecule has 2 amide bonds. The summed E-state index contributed by atoms with van der Waals surface area (Å²) in [5, 5.41) is 2.48. The van der Waals surface area contributed by atoms with Crippen LogP contribution in [0.2, 0.25) is 0 Å². The van der Waals surface area contributed by atoms with Crippen LogP contribution in [0.25, 0.3) is 0 Å². The molecule has 0 bridgehead atoms. The maximum atomic E-state index is 10.7. The first-order valence-electron chi connectivity index (χ1n) is 3.49. The van der Waals surface area contributed by atoms with Crippen LogP contribution >= 0.6 is 0 Å². The summed E-state index contributed by atoms with van der Waals surface area (Å²) in [5.74, 6) is -0.217. The third-order valence-corrected chi connectivity index (χ3v) is 0.964. The van der Waals surface area contributed by atoms with Gasteiger partial charge in [-0.15, -0.1) is 0 Å².